The first-order valence-electron chi connectivity index (χ1n) is 17.3. The molecule has 11 nitrogen and oxygen atoms in total. The van der Waals surface area contributed by atoms with E-state index in [0.29, 0.717) is 37.4 Å². The normalized spacial score (nSPS) is 20.7. The molecule has 4 aromatic rings. The van der Waals surface area contributed by atoms with Gasteiger partial charge in [0, 0.05) is 74.7 Å². The maximum absolute atomic E-state index is 13.9. The number of halogens is 3. The highest BCUT2D eigenvalue weighted by Crippen LogP contribution is 2.32. The Kier molecular flexibility index (Phi) is 11.9. The van der Waals surface area contributed by atoms with Crippen LogP contribution in [0.2, 0.25) is 0 Å². The highest BCUT2D eigenvalue weighted by Gasteiger charge is 2.37. The molecule has 2 aromatic heterocycles. The van der Waals surface area contributed by atoms with Gasteiger partial charge in [0.15, 0.2) is 0 Å². The summed E-state index contributed by atoms with van der Waals surface area (Å²) in [6.07, 6.45) is 0.911. The number of benzene rings is 2. The van der Waals surface area contributed by atoms with E-state index in [0.717, 1.165) is 16.8 Å². The summed E-state index contributed by atoms with van der Waals surface area (Å²) in [6, 6.07) is 20.5. The number of amides is 2. The van der Waals surface area contributed by atoms with Crippen molar-refractivity contribution >= 4 is 11.8 Å². The standard InChI is InChI=1S/C38H43F3N6O5/c39-38(40,41)25-43-37(51)32-23-45(20-27-12-15-46(21-27)29-10-13-42-14-11-29)16-17-47(32)22-30(48)19-28(18-26-6-2-1-3-7-26)36(50)44-35-31-8-4-5-9-34(31)52-24-33(35)49/h1-15,21,28,30,32-33,35,48-49H,16-20,22-25H2,(H,43,51)(H,44,50)/t28-,30+,32+,33-,35+/m1/s1. The van der Waals surface area contributed by atoms with E-state index in [4.69, 9.17) is 4.74 Å². The van der Waals surface area contributed by atoms with Crippen LogP contribution in [0.1, 0.15) is 29.2 Å². The van der Waals surface area contributed by atoms with Crippen molar-refractivity contribution in [2.75, 3.05) is 39.3 Å². The van der Waals surface area contributed by atoms with E-state index >= 15 is 0 Å². The van der Waals surface area contributed by atoms with Crippen molar-refractivity contribution in [2.24, 2.45) is 5.92 Å². The Bertz CT molecular complexity index is 1780. The minimum absolute atomic E-state index is 0.00821. The SMILES string of the molecule is O=C(N[C@H]1c2ccccc2OC[C@H]1O)[C@H](Cc1ccccc1)C[C@H](O)CN1CCN(Cc2ccn(-c3ccncc3)c2)C[C@H]1C(=O)NCC(F)(F)F. The van der Waals surface area contributed by atoms with Crippen molar-refractivity contribution in [1.29, 1.82) is 0 Å². The van der Waals surface area contributed by atoms with Crippen LogP contribution in [0.25, 0.3) is 5.69 Å². The van der Waals surface area contributed by atoms with Crippen molar-refractivity contribution in [1.82, 2.24) is 30.0 Å². The van der Waals surface area contributed by atoms with Gasteiger partial charge >= 0.3 is 6.18 Å². The average Bonchev–Trinajstić information content (AvgIpc) is 3.61. The largest absolute Gasteiger partial charge is 0.490 e. The van der Waals surface area contributed by atoms with Gasteiger partial charge in [-0.1, -0.05) is 48.5 Å². The number of β-amino-alcohol motifs (C(OH)–C–C–N with tert-alkyl or cyclic N) is 1. The maximum Gasteiger partial charge on any atom is 0.405 e. The van der Waals surface area contributed by atoms with Crippen LogP contribution in [0, 0.1) is 5.92 Å². The molecule has 4 N–H and O–H groups in total. The molecule has 0 spiro atoms. The number of carbonyl (C=O) groups excluding carboxylic acids is 2. The lowest BCUT2D eigenvalue weighted by Crippen LogP contribution is -2.60. The number of para-hydroxylation sites is 1. The third kappa shape index (κ3) is 9.76. The molecular weight excluding hydrogens is 677 g/mol. The van der Waals surface area contributed by atoms with Crippen molar-refractivity contribution in [3.05, 3.63) is 114 Å². The van der Waals surface area contributed by atoms with E-state index in [2.05, 4.69) is 10.3 Å². The number of nitrogens with one attached hydrogen (secondary N) is 2. The lowest BCUT2D eigenvalue weighted by atomic mass is 9.90. The predicted octanol–water partition coefficient (Wildman–Crippen LogP) is 3.26. The molecule has 6 rings (SSSR count). The summed E-state index contributed by atoms with van der Waals surface area (Å²) in [6.45, 7) is -0.0537. The molecule has 4 heterocycles. The van der Waals surface area contributed by atoms with Gasteiger partial charge < -0.3 is 30.2 Å². The van der Waals surface area contributed by atoms with Gasteiger partial charge in [-0.15, -0.1) is 0 Å². The lowest BCUT2D eigenvalue weighted by Gasteiger charge is -2.41. The fourth-order valence-electron chi connectivity index (χ4n) is 6.91. The van der Waals surface area contributed by atoms with E-state index in [-0.39, 0.29) is 32.0 Å². The molecule has 0 unspecified atom stereocenters. The molecule has 0 saturated carbocycles. The number of aromatic nitrogens is 2. The summed E-state index contributed by atoms with van der Waals surface area (Å²) in [7, 11) is 0. The summed E-state index contributed by atoms with van der Waals surface area (Å²) in [5, 5.41) is 27.2. The van der Waals surface area contributed by atoms with E-state index in [1.807, 2.05) is 75.7 Å². The molecule has 5 atom stereocenters. The Morgan fingerprint density at radius 3 is 2.50 bits per heavy atom. The molecule has 52 heavy (non-hydrogen) atoms. The summed E-state index contributed by atoms with van der Waals surface area (Å²) in [5.41, 5.74) is 3.41. The summed E-state index contributed by atoms with van der Waals surface area (Å²) < 4.78 is 46.9. The van der Waals surface area contributed by atoms with Crippen LogP contribution in [0.3, 0.4) is 0 Å². The third-order valence-electron chi connectivity index (χ3n) is 9.51. The van der Waals surface area contributed by atoms with Gasteiger partial charge in [0.2, 0.25) is 11.8 Å². The van der Waals surface area contributed by atoms with Crippen molar-refractivity contribution in [2.45, 2.75) is 49.9 Å². The fourth-order valence-corrected chi connectivity index (χ4v) is 6.91. The summed E-state index contributed by atoms with van der Waals surface area (Å²) in [5.74, 6) is -1.30. The Balaban J connectivity index is 1.15. The second kappa shape index (κ2) is 16.7. The first-order valence-corrected chi connectivity index (χ1v) is 17.3. The van der Waals surface area contributed by atoms with Crippen LogP contribution < -0.4 is 15.4 Å². The van der Waals surface area contributed by atoms with Crippen LogP contribution in [-0.2, 0) is 22.6 Å². The number of ether oxygens (including phenoxy) is 1. The molecule has 2 aromatic carbocycles. The second-order valence-corrected chi connectivity index (χ2v) is 13.4. The fraction of sp³-hybridized carbons (Fsp3) is 0.395. The zero-order chi connectivity index (χ0) is 36.7. The minimum Gasteiger partial charge on any atom is -0.490 e. The highest BCUT2D eigenvalue weighted by molar-refractivity contribution is 5.82. The smallest absolute Gasteiger partial charge is 0.405 e. The van der Waals surface area contributed by atoms with Crippen LogP contribution in [-0.4, -0.2) is 105 Å². The van der Waals surface area contributed by atoms with Gasteiger partial charge in [-0.2, -0.15) is 13.2 Å². The summed E-state index contributed by atoms with van der Waals surface area (Å²) in [4.78, 5) is 34.9. The van der Waals surface area contributed by atoms with Crippen molar-refractivity contribution < 1.29 is 37.7 Å². The first kappa shape index (κ1) is 37.0. The molecule has 2 aliphatic heterocycles. The zero-order valence-electron chi connectivity index (χ0n) is 28.5. The van der Waals surface area contributed by atoms with Gasteiger partial charge in [-0.3, -0.25) is 24.4 Å². The number of hydrogen-bond acceptors (Lipinski definition) is 8. The Hall–Kier alpha value is -4.76. The Morgan fingerprint density at radius 2 is 1.73 bits per heavy atom. The first-order chi connectivity index (χ1) is 25.0. The van der Waals surface area contributed by atoms with E-state index in [1.165, 1.54) is 0 Å². The van der Waals surface area contributed by atoms with Gasteiger partial charge in [-0.05, 0) is 48.2 Å². The average molecular weight is 721 g/mol. The van der Waals surface area contributed by atoms with Gasteiger partial charge in [-0.25, -0.2) is 0 Å². The number of piperazine rings is 1. The van der Waals surface area contributed by atoms with Crippen LogP contribution in [0.5, 0.6) is 5.75 Å². The molecule has 2 amide bonds. The number of rotatable bonds is 13. The number of pyridine rings is 1. The van der Waals surface area contributed by atoms with Gasteiger partial charge in [0.25, 0.3) is 0 Å². The number of carbonyl (C=O) groups is 2. The highest BCUT2D eigenvalue weighted by atomic mass is 19.4. The number of nitrogens with zero attached hydrogens (tertiary/aromatic N) is 4. The molecule has 1 fully saturated rings. The zero-order valence-corrected chi connectivity index (χ0v) is 28.5. The Morgan fingerprint density at radius 1 is 0.981 bits per heavy atom. The predicted molar refractivity (Wildman–Crippen MR) is 186 cm³/mol. The van der Waals surface area contributed by atoms with Crippen molar-refractivity contribution in [3.63, 3.8) is 0 Å². The quantitative estimate of drug-likeness (QED) is 0.166. The van der Waals surface area contributed by atoms with Gasteiger partial charge in [0.1, 0.15) is 31.0 Å². The molecule has 276 valence electrons. The molecule has 14 heteroatoms. The molecule has 0 aliphatic carbocycles. The number of fused-ring (bicyclic) bond motifs is 1. The molecule has 0 radical (unpaired) electrons. The number of aliphatic hydroxyl groups is 2. The van der Waals surface area contributed by atoms with E-state index in [9.17, 15) is 33.0 Å². The second-order valence-electron chi connectivity index (χ2n) is 13.4. The minimum atomic E-state index is -4.58. The summed E-state index contributed by atoms with van der Waals surface area (Å²) >= 11 is 0. The van der Waals surface area contributed by atoms with Crippen LogP contribution >= 0.6 is 0 Å². The molecule has 0 bridgehead atoms. The van der Waals surface area contributed by atoms with E-state index < -0.39 is 48.8 Å². The molecular formula is C38H43F3N6O5. The topological polar surface area (TPSA) is 132 Å². The van der Waals surface area contributed by atoms with Gasteiger partial charge in [0.05, 0.1) is 12.1 Å². The molecule has 2 aliphatic rings. The number of alkyl halides is 3. The van der Waals surface area contributed by atoms with E-state index in [1.54, 1.807) is 41.6 Å². The number of aliphatic hydroxyl groups excluding tert-OH is 2. The maximum atomic E-state index is 13.9. The third-order valence-corrected chi connectivity index (χ3v) is 9.51. The van der Waals surface area contributed by atoms with Crippen LogP contribution in [0.15, 0.2) is 97.6 Å². The number of hydrogen-bond donors (Lipinski definition) is 4. The lowest BCUT2D eigenvalue weighted by molar-refractivity contribution is -0.143. The van der Waals surface area contributed by atoms with Crippen LogP contribution in [0.4, 0.5) is 13.2 Å². The Labute approximate surface area is 300 Å². The molecule has 1 saturated heterocycles. The van der Waals surface area contributed by atoms with Crippen molar-refractivity contribution in [3.8, 4) is 11.4 Å². The monoisotopic (exact) mass is 720 g/mol.